The van der Waals surface area contributed by atoms with Gasteiger partial charge in [-0.05, 0) is 36.8 Å². The molecule has 0 radical (unpaired) electrons. The van der Waals surface area contributed by atoms with Crippen LogP contribution in [0.3, 0.4) is 0 Å². The molecule has 4 nitrogen and oxygen atoms in total. The lowest BCUT2D eigenvalue weighted by molar-refractivity contribution is 0.301. The van der Waals surface area contributed by atoms with E-state index in [1.807, 2.05) is 37.3 Å². The molecule has 1 aromatic carbocycles. The van der Waals surface area contributed by atoms with E-state index in [1.165, 1.54) is 0 Å². The van der Waals surface area contributed by atoms with Crippen molar-refractivity contribution in [3.05, 3.63) is 57.8 Å². The van der Waals surface area contributed by atoms with E-state index in [-0.39, 0.29) is 6.04 Å². The lowest BCUT2D eigenvalue weighted by Gasteiger charge is -2.14. The molecule has 1 aromatic heterocycles. The largest absolute Gasteiger partial charge is 0.489 e. The minimum atomic E-state index is -0.106. The zero-order chi connectivity index (χ0) is 14.5. The van der Waals surface area contributed by atoms with Crippen molar-refractivity contribution in [2.75, 3.05) is 0 Å². The van der Waals surface area contributed by atoms with Gasteiger partial charge in [-0.2, -0.15) is 5.26 Å². The summed E-state index contributed by atoms with van der Waals surface area (Å²) in [7, 11) is 0. The van der Waals surface area contributed by atoms with Gasteiger partial charge >= 0.3 is 0 Å². The van der Waals surface area contributed by atoms with Gasteiger partial charge in [-0.25, -0.2) is 4.98 Å². The minimum Gasteiger partial charge on any atom is -0.489 e. The van der Waals surface area contributed by atoms with E-state index in [4.69, 9.17) is 15.7 Å². The van der Waals surface area contributed by atoms with Crippen LogP contribution >= 0.6 is 15.9 Å². The maximum Gasteiger partial charge on any atom is 0.140 e. The number of rotatable bonds is 4. The molecule has 102 valence electrons. The molecule has 2 rings (SSSR count). The third-order valence-electron chi connectivity index (χ3n) is 2.80. The maximum absolute atomic E-state index is 8.82. The van der Waals surface area contributed by atoms with Crippen LogP contribution in [0.25, 0.3) is 0 Å². The molecule has 20 heavy (non-hydrogen) atoms. The van der Waals surface area contributed by atoms with Gasteiger partial charge in [0.25, 0.3) is 0 Å². The molecule has 1 atom stereocenters. The molecule has 2 N–H and O–H groups in total. The van der Waals surface area contributed by atoms with Crippen molar-refractivity contribution in [3.63, 3.8) is 0 Å². The average Bonchev–Trinajstić information content (AvgIpc) is 2.45. The molecular weight excluding hydrogens is 318 g/mol. The lowest BCUT2D eigenvalue weighted by atomic mass is 10.1. The number of halogens is 1. The number of pyridine rings is 1. The van der Waals surface area contributed by atoms with Crippen LogP contribution in [0.15, 0.2) is 41.0 Å². The summed E-state index contributed by atoms with van der Waals surface area (Å²) >= 11 is 3.42. The third-order valence-corrected chi connectivity index (χ3v) is 3.29. The summed E-state index contributed by atoms with van der Waals surface area (Å²) in [5.41, 5.74) is 8.16. The van der Waals surface area contributed by atoms with Crippen molar-refractivity contribution in [1.82, 2.24) is 4.98 Å². The zero-order valence-corrected chi connectivity index (χ0v) is 12.6. The topological polar surface area (TPSA) is 71.9 Å². The molecule has 0 aliphatic heterocycles. The summed E-state index contributed by atoms with van der Waals surface area (Å²) < 4.78 is 6.75. The Kier molecular flexibility index (Phi) is 4.72. The van der Waals surface area contributed by atoms with Crippen molar-refractivity contribution in [2.24, 2.45) is 5.73 Å². The first-order valence-electron chi connectivity index (χ1n) is 6.13. The molecule has 0 saturated heterocycles. The Morgan fingerprint density at radius 1 is 1.40 bits per heavy atom. The lowest BCUT2D eigenvalue weighted by Crippen LogP contribution is -2.08. The summed E-state index contributed by atoms with van der Waals surface area (Å²) in [5.74, 6) is 0.740. The number of nitrogens with zero attached hydrogens (tertiary/aromatic N) is 2. The predicted molar refractivity (Wildman–Crippen MR) is 80.0 cm³/mol. The third kappa shape index (κ3) is 3.56. The van der Waals surface area contributed by atoms with Gasteiger partial charge in [0.2, 0.25) is 0 Å². The van der Waals surface area contributed by atoms with Crippen LogP contribution in [0.5, 0.6) is 5.75 Å². The summed E-state index contributed by atoms with van der Waals surface area (Å²) in [6.07, 6.45) is 1.60. The second kappa shape index (κ2) is 6.51. The summed E-state index contributed by atoms with van der Waals surface area (Å²) in [6, 6.07) is 11.2. The summed E-state index contributed by atoms with van der Waals surface area (Å²) in [4.78, 5) is 3.93. The standard InChI is InChI=1S/C15H14BrN3O/c1-10(18)14-3-2-12(16)7-15(14)20-9-11-4-5-19-13(6-11)8-17/h2-7,10H,9,18H2,1H3/t10-/m1/s1. The van der Waals surface area contributed by atoms with Crippen LogP contribution in [0.1, 0.15) is 29.8 Å². The average molecular weight is 332 g/mol. The smallest absolute Gasteiger partial charge is 0.140 e. The Labute approximate surface area is 126 Å². The van der Waals surface area contributed by atoms with Gasteiger partial charge < -0.3 is 10.5 Å². The molecule has 5 heteroatoms. The van der Waals surface area contributed by atoms with E-state index >= 15 is 0 Å². The fraction of sp³-hybridized carbons (Fsp3) is 0.200. The number of nitriles is 1. The molecular formula is C15H14BrN3O. The van der Waals surface area contributed by atoms with Crippen LogP contribution in [0.2, 0.25) is 0 Å². The Morgan fingerprint density at radius 3 is 2.90 bits per heavy atom. The molecule has 0 aliphatic rings. The molecule has 0 fully saturated rings. The van der Waals surface area contributed by atoms with Crippen molar-refractivity contribution in [2.45, 2.75) is 19.6 Å². The minimum absolute atomic E-state index is 0.106. The first kappa shape index (κ1) is 14.5. The molecule has 0 saturated carbocycles. The quantitative estimate of drug-likeness (QED) is 0.932. The zero-order valence-electron chi connectivity index (χ0n) is 11.0. The Balaban J connectivity index is 2.18. The Morgan fingerprint density at radius 2 is 2.20 bits per heavy atom. The van der Waals surface area contributed by atoms with E-state index in [0.717, 1.165) is 21.3 Å². The fourth-order valence-corrected chi connectivity index (χ4v) is 2.14. The highest BCUT2D eigenvalue weighted by Crippen LogP contribution is 2.28. The van der Waals surface area contributed by atoms with E-state index < -0.39 is 0 Å². The highest BCUT2D eigenvalue weighted by atomic mass is 79.9. The first-order chi connectivity index (χ1) is 9.60. The molecule has 0 aliphatic carbocycles. The summed E-state index contributed by atoms with van der Waals surface area (Å²) in [5, 5.41) is 8.82. The second-order valence-electron chi connectivity index (χ2n) is 4.42. The van der Waals surface area contributed by atoms with Crippen molar-refractivity contribution in [3.8, 4) is 11.8 Å². The monoisotopic (exact) mass is 331 g/mol. The fourth-order valence-electron chi connectivity index (χ4n) is 1.80. The predicted octanol–water partition coefficient (Wildman–Crippen LogP) is 3.31. The van der Waals surface area contributed by atoms with Crippen molar-refractivity contribution in [1.29, 1.82) is 5.26 Å². The first-order valence-corrected chi connectivity index (χ1v) is 6.92. The van der Waals surface area contributed by atoms with Gasteiger partial charge in [-0.15, -0.1) is 0 Å². The van der Waals surface area contributed by atoms with Crippen LogP contribution in [0.4, 0.5) is 0 Å². The number of hydrogen-bond acceptors (Lipinski definition) is 4. The van der Waals surface area contributed by atoms with E-state index in [0.29, 0.717) is 12.3 Å². The van der Waals surface area contributed by atoms with Crippen LogP contribution in [0, 0.1) is 11.3 Å². The van der Waals surface area contributed by atoms with Crippen LogP contribution in [-0.2, 0) is 6.61 Å². The Bertz CT molecular complexity index is 650. The SMILES string of the molecule is C[C@@H](N)c1ccc(Br)cc1OCc1ccnc(C#N)c1. The molecule has 1 heterocycles. The molecule has 0 unspecified atom stereocenters. The number of ether oxygens (including phenoxy) is 1. The number of aromatic nitrogens is 1. The van der Waals surface area contributed by atoms with Gasteiger partial charge in [0, 0.05) is 22.3 Å². The summed E-state index contributed by atoms with van der Waals surface area (Å²) in [6.45, 7) is 2.28. The molecule has 0 amide bonds. The molecule has 0 spiro atoms. The van der Waals surface area contributed by atoms with E-state index in [1.54, 1.807) is 12.3 Å². The van der Waals surface area contributed by atoms with Gasteiger partial charge in [0.1, 0.15) is 24.1 Å². The van der Waals surface area contributed by atoms with Crippen LogP contribution in [-0.4, -0.2) is 4.98 Å². The van der Waals surface area contributed by atoms with E-state index in [9.17, 15) is 0 Å². The normalized spacial score (nSPS) is 11.7. The van der Waals surface area contributed by atoms with Crippen LogP contribution < -0.4 is 10.5 Å². The number of nitrogens with two attached hydrogens (primary N) is 1. The van der Waals surface area contributed by atoms with Gasteiger partial charge in [-0.1, -0.05) is 22.0 Å². The highest BCUT2D eigenvalue weighted by molar-refractivity contribution is 9.10. The molecule has 2 aromatic rings. The molecule has 0 bridgehead atoms. The Hall–Kier alpha value is -1.90. The second-order valence-corrected chi connectivity index (χ2v) is 5.34. The number of hydrogen-bond donors (Lipinski definition) is 1. The highest BCUT2D eigenvalue weighted by Gasteiger charge is 2.09. The van der Waals surface area contributed by atoms with Crippen molar-refractivity contribution >= 4 is 15.9 Å². The van der Waals surface area contributed by atoms with E-state index in [2.05, 4.69) is 20.9 Å². The van der Waals surface area contributed by atoms with Crippen molar-refractivity contribution < 1.29 is 4.74 Å². The number of benzene rings is 1. The van der Waals surface area contributed by atoms with Gasteiger partial charge in [0.05, 0.1) is 0 Å². The van der Waals surface area contributed by atoms with Gasteiger partial charge in [-0.3, -0.25) is 0 Å². The van der Waals surface area contributed by atoms with Gasteiger partial charge in [0.15, 0.2) is 0 Å². The maximum atomic E-state index is 8.82.